The first-order valence-electron chi connectivity index (χ1n) is 7.84. The molecule has 0 unspecified atom stereocenters. The van der Waals surface area contributed by atoms with Gasteiger partial charge in [0.25, 0.3) is 5.91 Å². The first-order chi connectivity index (χ1) is 11.0. The summed E-state index contributed by atoms with van der Waals surface area (Å²) in [6.07, 6.45) is 1.78. The number of benzene rings is 1. The van der Waals surface area contributed by atoms with Crippen LogP contribution in [0, 0.1) is 12.7 Å². The summed E-state index contributed by atoms with van der Waals surface area (Å²) in [6, 6.07) is 6.26. The van der Waals surface area contributed by atoms with Gasteiger partial charge >= 0.3 is 0 Å². The minimum Gasteiger partial charge on any atom is -0.336 e. The maximum Gasteiger partial charge on any atom is 0.257 e. The van der Waals surface area contributed by atoms with Crippen molar-refractivity contribution in [1.29, 1.82) is 0 Å². The zero-order chi connectivity index (χ0) is 16.6. The van der Waals surface area contributed by atoms with E-state index >= 15 is 0 Å². The Hall–Kier alpha value is -2.21. The van der Waals surface area contributed by atoms with Gasteiger partial charge in [0.15, 0.2) is 0 Å². The second-order valence-electron chi connectivity index (χ2n) is 6.02. The van der Waals surface area contributed by atoms with Crippen molar-refractivity contribution < 1.29 is 9.18 Å². The average Bonchev–Trinajstić information content (AvgIpc) is 3.09. The summed E-state index contributed by atoms with van der Waals surface area (Å²) in [6.45, 7) is 5.50. The molecule has 2 N–H and O–H groups in total. The third-order valence-electron chi connectivity index (χ3n) is 4.43. The molecule has 3 rings (SSSR count). The summed E-state index contributed by atoms with van der Waals surface area (Å²) >= 11 is 0. The molecule has 5 nitrogen and oxygen atoms in total. The van der Waals surface area contributed by atoms with Crippen molar-refractivity contribution in [3.05, 3.63) is 53.1 Å². The standard InChI is InChI=1S/C17H21FN4O/c1-3-22-9-14(11(2)20-22)17(23)21-8-15(16(19)10-21)12-5-4-6-13(18)7-12/h4-7,9,15-16H,3,8,10,19H2,1-2H3/t15-,16+/m0/s1. The highest BCUT2D eigenvalue weighted by atomic mass is 19.1. The largest absolute Gasteiger partial charge is 0.336 e. The summed E-state index contributed by atoms with van der Waals surface area (Å²) < 4.78 is 15.2. The summed E-state index contributed by atoms with van der Waals surface area (Å²) in [5.74, 6) is -0.382. The molecule has 1 aromatic carbocycles. The number of nitrogens with zero attached hydrogens (tertiary/aromatic N) is 3. The van der Waals surface area contributed by atoms with Crippen LogP contribution in [0.1, 0.15) is 34.5 Å². The number of amides is 1. The fraction of sp³-hybridized carbons (Fsp3) is 0.412. The highest BCUT2D eigenvalue weighted by Crippen LogP contribution is 2.28. The van der Waals surface area contributed by atoms with Gasteiger partial charge in [0.2, 0.25) is 0 Å². The highest BCUT2D eigenvalue weighted by Gasteiger charge is 2.35. The molecule has 1 fully saturated rings. The van der Waals surface area contributed by atoms with Crippen molar-refractivity contribution in [3.63, 3.8) is 0 Å². The normalized spacial score (nSPS) is 21.0. The van der Waals surface area contributed by atoms with E-state index in [4.69, 9.17) is 5.73 Å². The maximum atomic E-state index is 13.4. The number of aromatic nitrogens is 2. The van der Waals surface area contributed by atoms with Gasteiger partial charge < -0.3 is 10.6 Å². The van der Waals surface area contributed by atoms with Crippen LogP contribution in [0.2, 0.25) is 0 Å². The molecule has 6 heteroatoms. The van der Waals surface area contributed by atoms with Crippen LogP contribution in [0.5, 0.6) is 0 Å². The molecular formula is C17H21FN4O. The van der Waals surface area contributed by atoms with Crippen LogP contribution < -0.4 is 5.73 Å². The zero-order valence-electron chi connectivity index (χ0n) is 13.4. The first-order valence-corrected chi connectivity index (χ1v) is 7.84. The number of hydrogen-bond acceptors (Lipinski definition) is 3. The number of carbonyl (C=O) groups is 1. The van der Waals surface area contributed by atoms with Crippen molar-refractivity contribution in [2.45, 2.75) is 32.4 Å². The lowest BCUT2D eigenvalue weighted by molar-refractivity contribution is 0.0788. The average molecular weight is 316 g/mol. The van der Waals surface area contributed by atoms with E-state index in [2.05, 4.69) is 5.10 Å². The van der Waals surface area contributed by atoms with Gasteiger partial charge in [0, 0.05) is 37.8 Å². The van der Waals surface area contributed by atoms with E-state index in [1.54, 1.807) is 21.8 Å². The number of likely N-dealkylation sites (tertiary alicyclic amines) is 1. The molecule has 0 spiro atoms. The van der Waals surface area contributed by atoms with Crippen LogP contribution in [0.15, 0.2) is 30.5 Å². The van der Waals surface area contributed by atoms with Crippen molar-refractivity contribution in [3.8, 4) is 0 Å². The summed E-state index contributed by atoms with van der Waals surface area (Å²) in [5, 5.41) is 4.32. The van der Waals surface area contributed by atoms with E-state index in [-0.39, 0.29) is 23.7 Å². The first kappa shape index (κ1) is 15.7. The zero-order valence-corrected chi connectivity index (χ0v) is 13.4. The molecule has 1 amide bonds. The Balaban J connectivity index is 1.80. The fourth-order valence-electron chi connectivity index (χ4n) is 3.14. The molecule has 1 aliphatic heterocycles. The van der Waals surface area contributed by atoms with E-state index in [0.717, 1.165) is 17.8 Å². The lowest BCUT2D eigenvalue weighted by Gasteiger charge is -2.16. The molecule has 0 bridgehead atoms. The SMILES string of the molecule is CCn1cc(C(=O)N2C[C@@H](N)[C@H](c3cccc(F)c3)C2)c(C)n1. The molecule has 0 saturated carbocycles. The predicted molar refractivity (Wildman–Crippen MR) is 85.7 cm³/mol. The summed E-state index contributed by atoms with van der Waals surface area (Å²) in [4.78, 5) is 14.5. The lowest BCUT2D eigenvalue weighted by atomic mass is 9.95. The monoisotopic (exact) mass is 316 g/mol. The van der Waals surface area contributed by atoms with Gasteiger partial charge in [-0.1, -0.05) is 12.1 Å². The van der Waals surface area contributed by atoms with Crippen LogP contribution in [0.4, 0.5) is 4.39 Å². The Morgan fingerprint density at radius 1 is 1.43 bits per heavy atom. The summed E-state index contributed by atoms with van der Waals surface area (Å²) in [5.41, 5.74) is 8.37. The molecule has 23 heavy (non-hydrogen) atoms. The highest BCUT2D eigenvalue weighted by molar-refractivity contribution is 5.95. The number of nitrogens with two attached hydrogens (primary N) is 1. The van der Waals surface area contributed by atoms with E-state index in [1.807, 2.05) is 19.9 Å². The van der Waals surface area contributed by atoms with Crippen LogP contribution in [-0.2, 0) is 6.54 Å². The number of carbonyl (C=O) groups excluding carboxylic acids is 1. The van der Waals surface area contributed by atoms with Crippen molar-refractivity contribution in [1.82, 2.24) is 14.7 Å². The lowest BCUT2D eigenvalue weighted by Crippen LogP contribution is -2.32. The van der Waals surface area contributed by atoms with Gasteiger partial charge in [-0.15, -0.1) is 0 Å². The Morgan fingerprint density at radius 2 is 2.22 bits per heavy atom. The van der Waals surface area contributed by atoms with Gasteiger partial charge in [-0.25, -0.2) is 4.39 Å². The molecular weight excluding hydrogens is 295 g/mol. The van der Waals surface area contributed by atoms with E-state index < -0.39 is 0 Å². The molecule has 1 aliphatic rings. The summed E-state index contributed by atoms with van der Waals surface area (Å²) in [7, 11) is 0. The van der Waals surface area contributed by atoms with Gasteiger partial charge in [-0.2, -0.15) is 5.10 Å². The predicted octanol–water partition coefficient (Wildman–Crippen LogP) is 1.92. The number of halogens is 1. The Bertz CT molecular complexity index is 727. The smallest absolute Gasteiger partial charge is 0.257 e. The molecule has 0 radical (unpaired) electrons. The van der Waals surface area contributed by atoms with Crippen LogP contribution >= 0.6 is 0 Å². The molecule has 1 saturated heterocycles. The van der Waals surface area contributed by atoms with Crippen molar-refractivity contribution in [2.75, 3.05) is 13.1 Å². The Kier molecular flexibility index (Phi) is 4.17. The van der Waals surface area contributed by atoms with Crippen molar-refractivity contribution >= 4 is 5.91 Å². The van der Waals surface area contributed by atoms with E-state index in [0.29, 0.717) is 18.7 Å². The van der Waals surface area contributed by atoms with Gasteiger partial charge in [-0.3, -0.25) is 9.48 Å². The Morgan fingerprint density at radius 3 is 2.87 bits per heavy atom. The third kappa shape index (κ3) is 2.99. The molecule has 2 aromatic rings. The van der Waals surface area contributed by atoms with Gasteiger partial charge in [-0.05, 0) is 31.5 Å². The quantitative estimate of drug-likeness (QED) is 0.941. The topological polar surface area (TPSA) is 64.2 Å². The van der Waals surface area contributed by atoms with Gasteiger partial charge in [0.05, 0.1) is 11.3 Å². The molecule has 2 heterocycles. The van der Waals surface area contributed by atoms with Crippen LogP contribution in [0.25, 0.3) is 0 Å². The minimum atomic E-state index is -0.278. The number of rotatable bonds is 3. The van der Waals surface area contributed by atoms with Crippen molar-refractivity contribution in [2.24, 2.45) is 5.73 Å². The van der Waals surface area contributed by atoms with Crippen LogP contribution in [0.3, 0.4) is 0 Å². The molecule has 1 aromatic heterocycles. The van der Waals surface area contributed by atoms with E-state index in [1.165, 1.54) is 12.1 Å². The minimum absolute atomic E-state index is 0.0452. The maximum absolute atomic E-state index is 13.4. The second kappa shape index (κ2) is 6.12. The number of hydrogen-bond donors (Lipinski definition) is 1. The molecule has 0 aliphatic carbocycles. The Labute approximate surface area is 134 Å². The van der Waals surface area contributed by atoms with E-state index in [9.17, 15) is 9.18 Å². The van der Waals surface area contributed by atoms with Crippen LogP contribution in [-0.4, -0.2) is 39.7 Å². The molecule has 2 atom stereocenters. The molecule has 122 valence electrons. The van der Waals surface area contributed by atoms with Gasteiger partial charge in [0.1, 0.15) is 5.82 Å². The second-order valence-corrected chi connectivity index (χ2v) is 6.02. The number of aryl methyl sites for hydroxylation is 2. The third-order valence-corrected chi connectivity index (χ3v) is 4.43. The fourth-order valence-corrected chi connectivity index (χ4v) is 3.14.